The summed E-state index contributed by atoms with van der Waals surface area (Å²) in [4.78, 5) is 24.0. The zero-order chi connectivity index (χ0) is 21.8. The van der Waals surface area contributed by atoms with Gasteiger partial charge in [-0.1, -0.05) is 18.2 Å². The van der Waals surface area contributed by atoms with E-state index in [1.807, 2.05) is 24.3 Å². The predicted molar refractivity (Wildman–Crippen MR) is 118 cm³/mol. The van der Waals surface area contributed by atoms with Crippen LogP contribution in [0.2, 0.25) is 0 Å². The molecule has 0 bridgehead atoms. The number of urea groups is 1. The molecule has 9 nitrogen and oxygen atoms in total. The van der Waals surface area contributed by atoms with Crippen LogP contribution in [0.15, 0.2) is 60.9 Å². The molecule has 0 atom stereocenters. The van der Waals surface area contributed by atoms with E-state index in [9.17, 15) is 9.59 Å². The van der Waals surface area contributed by atoms with Gasteiger partial charge in [0.2, 0.25) is 0 Å². The van der Waals surface area contributed by atoms with E-state index in [0.717, 1.165) is 23.9 Å². The first-order chi connectivity index (χ1) is 15.1. The first-order valence-electron chi connectivity index (χ1n) is 9.85. The van der Waals surface area contributed by atoms with Gasteiger partial charge in [-0.3, -0.25) is 0 Å². The average molecular weight is 418 g/mol. The highest BCUT2D eigenvalue weighted by molar-refractivity contribution is 6.01. The van der Waals surface area contributed by atoms with Crippen molar-refractivity contribution in [2.45, 2.75) is 19.9 Å². The Balaban J connectivity index is 1.45. The number of fused-ring (bicyclic) bond motifs is 1. The molecule has 158 valence electrons. The molecular formula is C22H22N6O3. The van der Waals surface area contributed by atoms with Crippen LogP contribution in [0, 0.1) is 0 Å². The minimum absolute atomic E-state index is 0.0989. The van der Waals surface area contributed by atoms with E-state index >= 15 is 0 Å². The number of anilines is 2. The fourth-order valence-electron chi connectivity index (χ4n) is 3.32. The van der Waals surface area contributed by atoms with Gasteiger partial charge in [0.15, 0.2) is 5.69 Å². The Bertz CT molecular complexity index is 1240. The van der Waals surface area contributed by atoms with E-state index in [0.29, 0.717) is 17.1 Å². The van der Waals surface area contributed by atoms with E-state index < -0.39 is 5.97 Å². The topological polar surface area (TPSA) is 103 Å². The van der Waals surface area contributed by atoms with Gasteiger partial charge in [0.1, 0.15) is 0 Å². The standard InChI is InChI=1S/C22H22N6O3/c1-3-10-27-11-9-15-12-17(7-8-20(15)27)24-22(30)23-16-5-4-6-18(13-16)28-14-19(25-26-28)21(29)31-2/h4-9,11-14H,3,10H2,1-2H3,(H2,23,24,30). The second-order valence-corrected chi connectivity index (χ2v) is 6.95. The van der Waals surface area contributed by atoms with Crippen LogP contribution in [0.3, 0.4) is 0 Å². The van der Waals surface area contributed by atoms with E-state index in [1.54, 1.807) is 24.3 Å². The Morgan fingerprint density at radius 2 is 1.87 bits per heavy atom. The Morgan fingerprint density at radius 3 is 2.65 bits per heavy atom. The monoisotopic (exact) mass is 418 g/mol. The van der Waals surface area contributed by atoms with Crippen molar-refractivity contribution in [3.05, 3.63) is 66.6 Å². The molecule has 0 saturated carbocycles. The van der Waals surface area contributed by atoms with Crippen LogP contribution >= 0.6 is 0 Å². The number of aryl methyl sites for hydroxylation is 1. The van der Waals surface area contributed by atoms with Gasteiger partial charge >= 0.3 is 12.0 Å². The number of nitrogens with one attached hydrogen (secondary N) is 2. The van der Waals surface area contributed by atoms with E-state index in [2.05, 4.69) is 43.4 Å². The van der Waals surface area contributed by atoms with Crippen LogP contribution in [0.25, 0.3) is 16.6 Å². The number of hydrogen-bond donors (Lipinski definition) is 2. The molecule has 2 aromatic carbocycles. The van der Waals surface area contributed by atoms with Crippen molar-refractivity contribution in [3.63, 3.8) is 0 Å². The molecule has 0 aliphatic carbocycles. The first-order valence-corrected chi connectivity index (χ1v) is 9.85. The minimum Gasteiger partial charge on any atom is -0.464 e. The average Bonchev–Trinajstić information content (AvgIpc) is 3.41. The summed E-state index contributed by atoms with van der Waals surface area (Å²) in [5.74, 6) is -0.568. The number of nitrogens with zero attached hydrogens (tertiary/aromatic N) is 4. The molecule has 0 unspecified atom stereocenters. The minimum atomic E-state index is -0.568. The fraction of sp³-hybridized carbons (Fsp3) is 0.182. The lowest BCUT2D eigenvalue weighted by molar-refractivity contribution is 0.0594. The van der Waals surface area contributed by atoms with E-state index in [1.165, 1.54) is 18.0 Å². The Labute approximate surface area is 178 Å². The molecule has 2 heterocycles. The van der Waals surface area contributed by atoms with Crippen LogP contribution in [0.4, 0.5) is 16.2 Å². The lowest BCUT2D eigenvalue weighted by atomic mass is 10.2. The molecule has 2 amide bonds. The van der Waals surface area contributed by atoms with Gasteiger partial charge in [-0.05, 0) is 48.9 Å². The van der Waals surface area contributed by atoms with Gasteiger partial charge in [0.05, 0.1) is 19.0 Å². The second-order valence-electron chi connectivity index (χ2n) is 6.95. The van der Waals surface area contributed by atoms with Crippen LogP contribution in [0.1, 0.15) is 23.8 Å². The molecular weight excluding hydrogens is 396 g/mol. The maximum absolute atomic E-state index is 12.5. The summed E-state index contributed by atoms with van der Waals surface area (Å²) in [6.45, 7) is 3.10. The molecule has 0 spiro atoms. The zero-order valence-electron chi connectivity index (χ0n) is 17.2. The highest BCUT2D eigenvalue weighted by Crippen LogP contribution is 2.21. The van der Waals surface area contributed by atoms with Gasteiger partial charge in [-0.15, -0.1) is 5.10 Å². The predicted octanol–water partition coefficient (Wildman–Crippen LogP) is 4.06. The number of hydrogen-bond acceptors (Lipinski definition) is 5. The molecule has 2 aromatic heterocycles. The molecule has 4 aromatic rings. The second kappa shape index (κ2) is 8.70. The summed E-state index contributed by atoms with van der Waals surface area (Å²) in [5.41, 5.74) is 3.15. The van der Waals surface area contributed by atoms with E-state index in [4.69, 9.17) is 0 Å². The SMILES string of the molecule is CCCn1ccc2cc(NC(=O)Nc3cccc(-n4cc(C(=O)OC)nn4)c3)ccc21. The van der Waals surface area contributed by atoms with Gasteiger partial charge in [-0.2, -0.15) is 0 Å². The molecule has 2 N–H and O–H groups in total. The van der Waals surface area contributed by atoms with Crippen molar-refractivity contribution in [3.8, 4) is 5.69 Å². The molecule has 31 heavy (non-hydrogen) atoms. The number of esters is 1. The number of carbonyl (C=O) groups is 2. The molecule has 0 fully saturated rings. The third-order valence-corrected chi connectivity index (χ3v) is 4.75. The highest BCUT2D eigenvalue weighted by Gasteiger charge is 2.12. The van der Waals surface area contributed by atoms with Gasteiger partial charge in [0, 0.05) is 35.0 Å². The summed E-state index contributed by atoms with van der Waals surface area (Å²) >= 11 is 0. The summed E-state index contributed by atoms with van der Waals surface area (Å²) < 4.78 is 8.27. The normalized spacial score (nSPS) is 10.8. The summed E-state index contributed by atoms with van der Waals surface area (Å²) in [5, 5.41) is 14.4. The zero-order valence-corrected chi connectivity index (χ0v) is 17.2. The van der Waals surface area contributed by atoms with Crippen molar-refractivity contribution in [1.82, 2.24) is 19.6 Å². The number of methoxy groups -OCH3 is 1. The van der Waals surface area contributed by atoms with Crippen LogP contribution in [-0.4, -0.2) is 38.7 Å². The maximum atomic E-state index is 12.5. The van der Waals surface area contributed by atoms with Crippen molar-refractivity contribution in [2.24, 2.45) is 0 Å². The lowest BCUT2D eigenvalue weighted by Crippen LogP contribution is -2.19. The van der Waals surface area contributed by atoms with Crippen LogP contribution in [-0.2, 0) is 11.3 Å². The fourth-order valence-corrected chi connectivity index (χ4v) is 3.32. The third kappa shape index (κ3) is 4.40. The maximum Gasteiger partial charge on any atom is 0.360 e. The lowest BCUT2D eigenvalue weighted by Gasteiger charge is -2.10. The van der Waals surface area contributed by atoms with Crippen molar-refractivity contribution < 1.29 is 14.3 Å². The number of benzene rings is 2. The Kier molecular flexibility index (Phi) is 5.65. The smallest absolute Gasteiger partial charge is 0.360 e. The van der Waals surface area contributed by atoms with E-state index in [-0.39, 0.29) is 11.7 Å². The molecule has 9 heteroatoms. The number of amides is 2. The van der Waals surface area contributed by atoms with Gasteiger partial charge in [-0.25, -0.2) is 14.3 Å². The highest BCUT2D eigenvalue weighted by atomic mass is 16.5. The van der Waals surface area contributed by atoms with Gasteiger partial charge in [0.25, 0.3) is 0 Å². The quantitative estimate of drug-likeness (QED) is 0.460. The molecule has 0 aliphatic rings. The van der Waals surface area contributed by atoms with Crippen molar-refractivity contribution >= 4 is 34.3 Å². The summed E-state index contributed by atoms with van der Waals surface area (Å²) in [7, 11) is 1.28. The molecule has 0 saturated heterocycles. The van der Waals surface area contributed by atoms with Crippen molar-refractivity contribution in [1.29, 1.82) is 0 Å². The number of ether oxygens (including phenoxy) is 1. The Hall–Kier alpha value is -4.14. The largest absolute Gasteiger partial charge is 0.464 e. The Morgan fingerprint density at radius 1 is 1.06 bits per heavy atom. The van der Waals surface area contributed by atoms with Crippen LogP contribution in [0.5, 0.6) is 0 Å². The van der Waals surface area contributed by atoms with Crippen LogP contribution < -0.4 is 10.6 Å². The molecule has 0 aliphatic heterocycles. The molecule has 4 rings (SSSR count). The number of rotatable bonds is 6. The number of carbonyl (C=O) groups excluding carboxylic acids is 2. The first kappa shape index (κ1) is 20.1. The summed E-state index contributed by atoms with van der Waals surface area (Å²) in [6, 6.07) is 14.6. The summed E-state index contributed by atoms with van der Waals surface area (Å²) in [6.07, 6.45) is 4.58. The van der Waals surface area contributed by atoms with Gasteiger partial charge < -0.3 is 19.9 Å². The third-order valence-electron chi connectivity index (χ3n) is 4.75. The van der Waals surface area contributed by atoms with Crippen molar-refractivity contribution in [2.75, 3.05) is 17.7 Å². The molecule has 0 radical (unpaired) electrons. The number of aromatic nitrogens is 4.